The summed E-state index contributed by atoms with van der Waals surface area (Å²) in [6.45, 7) is 2.21. The average molecular weight is 235 g/mol. The standard InChI is InChI=1S/C12H17N3S/c1-3-4-9(13-2)7-11-10-5-6-16-12(10)15-8-14-11/h5-6,8-9,13H,3-4,7H2,1-2H3. The normalized spacial score (nSPS) is 13.1. The average Bonchev–Trinajstić information content (AvgIpc) is 2.77. The molecule has 0 radical (unpaired) electrons. The van der Waals surface area contributed by atoms with E-state index in [0.29, 0.717) is 6.04 Å². The molecule has 0 spiro atoms. The van der Waals surface area contributed by atoms with Crippen molar-refractivity contribution in [2.75, 3.05) is 7.05 Å². The maximum absolute atomic E-state index is 4.40. The van der Waals surface area contributed by atoms with E-state index in [1.54, 1.807) is 17.7 Å². The second-order valence-electron chi connectivity index (χ2n) is 3.94. The first kappa shape index (κ1) is 11.5. The molecule has 0 fully saturated rings. The molecule has 4 heteroatoms. The van der Waals surface area contributed by atoms with Crippen LogP contribution in [-0.4, -0.2) is 23.1 Å². The molecule has 2 heterocycles. The molecule has 0 aliphatic carbocycles. The molecule has 2 rings (SSSR count). The van der Waals surface area contributed by atoms with Crippen molar-refractivity contribution >= 4 is 21.6 Å². The highest BCUT2D eigenvalue weighted by atomic mass is 32.1. The van der Waals surface area contributed by atoms with E-state index in [0.717, 1.165) is 11.3 Å². The third-order valence-corrected chi connectivity index (χ3v) is 3.65. The van der Waals surface area contributed by atoms with Crippen LogP contribution in [0.15, 0.2) is 17.8 Å². The number of likely N-dealkylation sites (N-methyl/N-ethyl adjacent to an activating group) is 1. The van der Waals surface area contributed by atoms with E-state index in [1.807, 2.05) is 7.05 Å². The maximum atomic E-state index is 4.40. The number of hydrogen-bond acceptors (Lipinski definition) is 4. The quantitative estimate of drug-likeness (QED) is 0.865. The van der Waals surface area contributed by atoms with Crippen molar-refractivity contribution in [2.24, 2.45) is 0 Å². The van der Waals surface area contributed by atoms with Crippen molar-refractivity contribution < 1.29 is 0 Å². The number of aromatic nitrogens is 2. The van der Waals surface area contributed by atoms with Crippen LogP contribution in [0.25, 0.3) is 10.2 Å². The SMILES string of the molecule is CCCC(Cc1ncnc2sccc12)NC. The zero-order valence-electron chi connectivity index (χ0n) is 9.73. The van der Waals surface area contributed by atoms with Crippen LogP contribution in [0.2, 0.25) is 0 Å². The Labute approximate surface area is 99.9 Å². The Kier molecular flexibility index (Phi) is 3.85. The largest absolute Gasteiger partial charge is 0.317 e. The second kappa shape index (κ2) is 5.37. The first-order valence-corrected chi connectivity index (χ1v) is 6.57. The van der Waals surface area contributed by atoms with Gasteiger partial charge < -0.3 is 5.32 Å². The predicted octanol–water partition coefficient (Wildman–Crippen LogP) is 2.62. The van der Waals surface area contributed by atoms with Gasteiger partial charge in [-0.05, 0) is 24.9 Å². The minimum Gasteiger partial charge on any atom is -0.317 e. The fraction of sp³-hybridized carbons (Fsp3) is 0.500. The highest BCUT2D eigenvalue weighted by molar-refractivity contribution is 7.16. The van der Waals surface area contributed by atoms with Gasteiger partial charge in [0.2, 0.25) is 0 Å². The highest BCUT2D eigenvalue weighted by Crippen LogP contribution is 2.21. The summed E-state index contributed by atoms with van der Waals surface area (Å²) in [6.07, 6.45) is 5.04. The van der Waals surface area contributed by atoms with Crippen LogP contribution in [0.3, 0.4) is 0 Å². The third kappa shape index (κ3) is 2.39. The van der Waals surface area contributed by atoms with Crippen LogP contribution in [0, 0.1) is 0 Å². The van der Waals surface area contributed by atoms with Gasteiger partial charge in [0, 0.05) is 17.8 Å². The molecule has 16 heavy (non-hydrogen) atoms. The van der Waals surface area contributed by atoms with Gasteiger partial charge in [-0.1, -0.05) is 13.3 Å². The summed E-state index contributed by atoms with van der Waals surface area (Å²) in [4.78, 5) is 9.77. The first-order chi connectivity index (χ1) is 7.85. The summed E-state index contributed by atoms with van der Waals surface area (Å²) in [7, 11) is 2.02. The van der Waals surface area contributed by atoms with Crippen molar-refractivity contribution in [1.29, 1.82) is 0 Å². The van der Waals surface area contributed by atoms with Crippen LogP contribution >= 0.6 is 11.3 Å². The molecule has 1 atom stereocenters. The zero-order valence-corrected chi connectivity index (χ0v) is 10.5. The van der Waals surface area contributed by atoms with Crippen LogP contribution in [0.5, 0.6) is 0 Å². The summed E-state index contributed by atoms with van der Waals surface area (Å²) in [5.41, 5.74) is 1.17. The lowest BCUT2D eigenvalue weighted by atomic mass is 10.0. The molecule has 1 N–H and O–H groups in total. The molecular formula is C12H17N3S. The van der Waals surface area contributed by atoms with Gasteiger partial charge in [0.15, 0.2) is 0 Å². The van der Waals surface area contributed by atoms with Crippen molar-refractivity contribution in [3.05, 3.63) is 23.5 Å². The first-order valence-electron chi connectivity index (χ1n) is 5.69. The molecule has 2 aromatic heterocycles. The van der Waals surface area contributed by atoms with E-state index in [2.05, 4.69) is 33.7 Å². The fourth-order valence-electron chi connectivity index (χ4n) is 1.93. The molecule has 3 nitrogen and oxygen atoms in total. The fourth-order valence-corrected chi connectivity index (χ4v) is 2.69. The molecule has 0 bridgehead atoms. The summed E-state index contributed by atoms with van der Waals surface area (Å²) in [6, 6.07) is 2.64. The van der Waals surface area contributed by atoms with Gasteiger partial charge >= 0.3 is 0 Å². The van der Waals surface area contributed by atoms with Gasteiger partial charge in [-0.3, -0.25) is 0 Å². The van der Waals surface area contributed by atoms with Crippen molar-refractivity contribution in [3.8, 4) is 0 Å². The monoisotopic (exact) mass is 235 g/mol. The minimum absolute atomic E-state index is 0.517. The predicted molar refractivity (Wildman–Crippen MR) is 68.9 cm³/mol. The number of hydrogen-bond donors (Lipinski definition) is 1. The van der Waals surface area contributed by atoms with Crippen LogP contribution in [0.1, 0.15) is 25.5 Å². The molecule has 86 valence electrons. The van der Waals surface area contributed by atoms with Gasteiger partial charge in [0.1, 0.15) is 11.2 Å². The van der Waals surface area contributed by atoms with Gasteiger partial charge in [-0.25, -0.2) is 9.97 Å². The maximum Gasteiger partial charge on any atom is 0.126 e. The van der Waals surface area contributed by atoms with Crippen molar-refractivity contribution in [2.45, 2.75) is 32.2 Å². The Hall–Kier alpha value is -1.00. The second-order valence-corrected chi connectivity index (χ2v) is 4.83. The Morgan fingerprint density at radius 1 is 1.44 bits per heavy atom. The van der Waals surface area contributed by atoms with E-state index in [9.17, 15) is 0 Å². The lowest BCUT2D eigenvalue weighted by Crippen LogP contribution is -2.27. The number of thiophene rings is 1. The molecule has 0 saturated heterocycles. The van der Waals surface area contributed by atoms with Crippen LogP contribution in [-0.2, 0) is 6.42 Å². The molecule has 0 amide bonds. The molecule has 0 saturated carbocycles. The van der Waals surface area contributed by atoms with Crippen molar-refractivity contribution in [3.63, 3.8) is 0 Å². The summed E-state index contributed by atoms with van der Waals surface area (Å²) in [5, 5.41) is 6.64. The van der Waals surface area contributed by atoms with E-state index < -0.39 is 0 Å². The van der Waals surface area contributed by atoms with E-state index in [4.69, 9.17) is 0 Å². The lowest BCUT2D eigenvalue weighted by molar-refractivity contribution is 0.510. The van der Waals surface area contributed by atoms with Crippen LogP contribution < -0.4 is 5.32 Å². The van der Waals surface area contributed by atoms with Crippen LogP contribution in [0.4, 0.5) is 0 Å². The topological polar surface area (TPSA) is 37.8 Å². The Morgan fingerprint density at radius 2 is 2.31 bits per heavy atom. The number of rotatable bonds is 5. The number of nitrogens with one attached hydrogen (secondary N) is 1. The third-order valence-electron chi connectivity index (χ3n) is 2.83. The summed E-state index contributed by atoms with van der Waals surface area (Å²) >= 11 is 1.68. The smallest absolute Gasteiger partial charge is 0.126 e. The summed E-state index contributed by atoms with van der Waals surface area (Å²) < 4.78 is 0. The van der Waals surface area contributed by atoms with E-state index >= 15 is 0 Å². The molecule has 0 aliphatic rings. The number of fused-ring (bicyclic) bond motifs is 1. The van der Waals surface area contributed by atoms with Gasteiger partial charge in [0.25, 0.3) is 0 Å². The van der Waals surface area contributed by atoms with Crippen molar-refractivity contribution in [1.82, 2.24) is 15.3 Å². The van der Waals surface area contributed by atoms with E-state index in [-0.39, 0.29) is 0 Å². The Morgan fingerprint density at radius 3 is 3.06 bits per heavy atom. The number of nitrogens with zero attached hydrogens (tertiary/aromatic N) is 2. The molecule has 0 aliphatic heterocycles. The Bertz CT molecular complexity index is 452. The zero-order chi connectivity index (χ0) is 11.4. The molecule has 0 aromatic carbocycles. The van der Waals surface area contributed by atoms with Gasteiger partial charge in [-0.2, -0.15) is 0 Å². The highest BCUT2D eigenvalue weighted by Gasteiger charge is 2.10. The lowest BCUT2D eigenvalue weighted by Gasteiger charge is -2.14. The molecular weight excluding hydrogens is 218 g/mol. The molecule has 2 aromatic rings. The Balaban J connectivity index is 2.22. The van der Waals surface area contributed by atoms with E-state index in [1.165, 1.54) is 23.9 Å². The minimum atomic E-state index is 0.517. The van der Waals surface area contributed by atoms with Gasteiger partial charge in [-0.15, -0.1) is 11.3 Å². The molecule has 1 unspecified atom stereocenters. The van der Waals surface area contributed by atoms with Gasteiger partial charge in [0.05, 0.1) is 5.69 Å². The summed E-state index contributed by atoms with van der Waals surface area (Å²) in [5.74, 6) is 0.